The number of rotatable bonds is 4. The van der Waals surface area contributed by atoms with Crippen molar-refractivity contribution >= 4 is 33.0 Å². The number of H-pyrrole nitrogens is 1. The Labute approximate surface area is 119 Å². The molecule has 10 heteroatoms. The maximum absolute atomic E-state index is 12.1. The van der Waals surface area contributed by atoms with Crippen molar-refractivity contribution in [3.63, 3.8) is 0 Å². The molecular weight excluding hydrogens is 308 g/mol. The monoisotopic (exact) mass is 316 g/mol. The lowest BCUT2D eigenvalue weighted by Crippen LogP contribution is -2.13. The Morgan fingerprint density at radius 3 is 2.65 bits per heavy atom. The van der Waals surface area contributed by atoms with E-state index in [0.29, 0.717) is 5.69 Å². The molecule has 0 unspecified atom stereocenters. The Morgan fingerprint density at radius 1 is 1.45 bits per heavy atom. The summed E-state index contributed by atoms with van der Waals surface area (Å²) in [7, 11) is -3.85. The van der Waals surface area contributed by atoms with Gasteiger partial charge < -0.3 is 0 Å². The summed E-state index contributed by atoms with van der Waals surface area (Å²) >= 11 is 5.83. The van der Waals surface area contributed by atoms with Gasteiger partial charge in [-0.2, -0.15) is 5.10 Å². The second-order valence-electron chi connectivity index (χ2n) is 3.89. The summed E-state index contributed by atoms with van der Waals surface area (Å²) in [5.74, 6) is 0. The molecule has 0 bridgehead atoms. The lowest BCUT2D eigenvalue weighted by atomic mass is 10.3. The maximum Gasteiger partial charge on any atom is 0.271 e. The summed E-state index contributed by atoms with van der Waals surface area (Å²) in [5, 5.41) is 16.6. The van der Waals surface area contributed by atoms with E-state index >= 15 is 0 Å². The van der Waals surface area contributed by atoms with E-state index in [4.69, 9.17) is 11.6 Å². The predicted molar refractivity (Wildman–Crippen MR) is 72.2 cm³/mol. The van der Waals surface area contributed by atoms with Crippen LogP contribution in [-0.2, 0) is 10.0 Å². The van der Waals surface area contributed by atoms with E-state index in [-0.39, 0.29) is 21.3 Å². The van der Waals surface area contributed by atoms with Crippen LogP contribution in [-0.4, -0.2) is 23.5 Å². The molecule has 0 radical (unpaired) electrons. The number of nitro groups is 1. The first-order valence-corrected chi connectivity index (χ1v) is 7.14. The quantitative estimate of drug-likeness (QED) is 0.661. The number of nitro benzene ring substituents is 1. The summed E-state index contributed by atoms with van der Waals surface area (Å²) in [5.41, 5.74) is 0.200. The minimum absolute atomic E-state index is 0.0214. The van der Waals surface area contributed by atoms with Gasteiger partial charge in [-0.1, -0.05) is 11.6 Å². The summed E-state index contributed by atoms with van der Waals surface area (Å²) in [6.45, 7) is 1.55. The van der Waals surface area contributed by atoms with Crippen LogP contribution in [0.2, 0.25) is 5.02 Å². The third-order valence-corrected chi connectivity index (χ3v) is 4.27. The normalized spacial score (nSPS) is 11.3. The van der Waals surface area contributed by atoms with Gasteiger partial charge in [-0.3, -0.25) is 19.9 Å². The lowest BCUT2D eigenvalue weighted by Gasteiger charge is -2.08. The smallest absolute Gasteiger partial charge is 0.271 e. The highest BCUT2D eigenvalue weighted by Gasteiger charge is 2.20. The summed E-state index contributed by atoms with van der Waals surface area (Å²) < 4.78 is 26.4. The third-order valence-electron chi connectivity index (χ3n) is 2.48. The number of hydrogen-bond donors (Lipinski definition) is 2. The van der Waals surface area contributed by atoms with E-state index in [1.807, 2.05) is 0 Å². The number of sulfonamides is 1. The van der Waals surface area contributed by atoms with Gasteiger partial charge in [0.05, 0.1) is 27.5 Å². The van der Waals surface area contributed by atoms with E-state index in [2.05, 4.69) is 14.9 Å². The van der Waals surface area contributed by atoms with Gasteiger partial charge in [0.25, 0.3) is 15.7 Å². The molecule has 0 amide bonds. The van der Waals surface area contributed by atoms with Crippen molar-refractivity contribution in [2.45, 2.75) is 11.8 Å². The molecular formula is C10H9ClN4O4S. The van der Waals surface area contributed by atoms with Crippen LogP contribution in [0.15, 0.2) is 29.3 Å². The zero-order chi connectivity index (χ0) is 14.9. The maximum atomic E-state index is 12.1. The largest absolute Gasteiger partial charge is 0.281 e. The first-order valence-electron chi connectivity index (χ1n) is 5.28. The average Bonchev–Trinajstić information content (AvgIpc) is 2.78. The summed E-state index contributed by atoms with van der Waals surface area (Å²) in [4.78, 5) is 9.93. The molecule has 0 aliphatic heterocycles. The van der Waals surface area contributed by atoms with Gasteiger partial charge in [0.1, 0.15) is 4.90 Å². The van der Waals surface area contributed by atoms with E-state index in [9.17, 15) is 18.5 Å². The molecule has 2 rings (SSSR count). The van der Waals surface area contributed by atoms with Gasteiger partial charge in [0.2, 0.25) is 0 Å². The molecule has 106 valence electrons. The van der Waals surface area contributed by atoms with Crippen molar-refractivity contribution in [2.24, 2.45) is 0 Å². The first kappa shape index (κ1) is 14.3. The van der Waals surface area contributed by atoms with Crippen LogP contribution >= 0.6 is 11.6 Å². The van der Waals surface area contributed by atoms with Crippen LogP contribution in [0.3, 0.4) is 0 Å². The van der Waals surface area contributed by atoms with Crippen molar-refractivity contribution < 1.29 is 13.3 Å². The van der Waals surface area contributed by atoms with Gasteiger partial charge in [-0.25, -0.2) is 8.42 Å². The molecule has 1 aromatic heterocycles. The third kappa shape index (κ3) is 2.73. The number of aromatic amines is 1. The molecule has 8 nitrogen and oxygen atoms in total. The zero-order valence-corrected chi connectivity index (χ0v) is 11.7. The second-order valence-corrected chi connectivity index (χ2v) is 5.94. The van der Waals surface area contributed by atoms with Gasteiger partial charge in [0.15, 0.2) is 0 Å². The van der Waals surface area contributed by atoms with Gasteiger partial charge in [0, 0.05) is 12.1 Å². The highest BCUT2D eigenvalue weighted by atomic mass is 35.5. The van der Waals surface area contributed by atoms with Crippen LogP contribution in [0.25, 0.3) is 0 Å². The molecule has 0 aliphatic carbocycles. The number of benzene rings is 1. The van der Waals surface area contributed by atoms with Gasteiger partial charge in [-0.15, -0.1) is 0 Å². The van der Waals surface area contributed by atoms with Crippen molar-refractivity contribution in [1.29, 1.82) is 0 Å². The number of non-ortho nitro benzene ring substituents is 1. The van der Waals surface area contributed by atoms with E-state index in [0.717, 1.165) is 18.3 Å². The first-order chi connectivity index (χ1) is 9.31. The number of aryl methyl sites for hydroxylation is 1. The van der Waals surface area contributed by atoms with E-state index in [1.54, 1.807) is 6.92 Å². The second kappa shape index (κ2) is 5.10. The van der Waals surface area contributed by atoms with Crippen molar-refractivity contribution in [1.82, 2.24) is 10.2 Å². The molecule has 0 fully saturated rings. The number of halogens is 1. The number of hydrogen-bond acceptors (Lipinski definition) is 5. The highest BCUT2D eigenvalue weighted by molar-refractivity contribution is 7.92. The van der Waals surface area contributed by atoms with E-state index < -0.39 is 14.9 Å². The SMILES string of the molecule is Cc1[nH]ncc1S(=O)(=O)Nc1ccc([N+](=O)[O-])cc1Cl. The average molecular weight is 317 g/mol. The Bertz CT molecular complexity index is 771. The summed E-state index contributed by atoms with van der Waals surface area (Å²) in [6, 6.07) is 3.46. The Kier molecular flexibility index (Phi) is 3.64. The number of nitrogens with zero attached hydrogens (tertiary/aromatic N) is 2. The fourth-order valence-corrected chi connectivity index (χ4v) is 3.01. The number of anilines is 1. The van der Waals surface area contributed by atoms with Crippen LogP contribution in [0.4, 0.5) is 11.4 Å². The van der Waals surface area contributed by atoms with Crippen LogP contribution in [0.5, 0.6) is 0 Å². The molecule has 0 atom stereocenters. The lowest BCUT2D eigenvalue weighted by molar-refractivity contribution is -0.384. The molecule has 0 aliphatic rings. The minimum Gasteiger partial charge on any atom is -0.281 e. The minimum atomic E-state index is -3.85. The van der Waals surface area contributed by atoms with E-state index in [1.165, 1.54) is 6.07 Å². The highest BCUT2D eigenvalue weighted by Crippen LogP contribution is 2.28. The van der Waals surface area contributed by atoms with Crippen LogP contribution < -0.4 is 4.72 Å². The predicted octanol–water partition coefficient (Wildman–Crippen LogP) is 2.08. The standard InChI is InChI=1S/C10H9ClN4O4S/c1-6-10(5-12-13-6)20(18,19)14-9-3-2-7(15(16)17)4-8(9)11/h2-5,14H,1H3,(H,12,13). The Hall–Kier alpha value is -2.13. The molecule has 0 saturated heterocycles. The molecule has 20 heavy (non-hydrogen) atoms. The molecule has 0 saturated carbocycles. The van der Waals surface area contributed by atoms with Crippen LogP contribution in [0.1, 0.15) is 5.69 Å². The molecule has 2 N–H and O–H groups in total. The topological polar surface area (TPSA) is 118 Å². The Morgan fingerprint density at radius 2 is 2.15 bits per heavy atom. The molecule has 2 aromatic rings. The van der Waals surface area contributed by atoms with Crippen LogP contribution in [0, 0.1) is 17.0 Å². The molecule has 1 aromatic carbocycles. The van der Waals surface area contributed by atoms with Crippen molar-refractivity contribution in [2.75, 3.05) is 4.72 Å². The fourth-order valence-electron chi connectivity index (χ4n) is 1.51. The van der Waals surface area contributed by atoms with Gasteiger partial charge in [-0.05, 0) is 13.0 Å². The Balaban J connectivity index is 2.36. The molecule has 0 spiro atoms. The number of aromatic nitrogens is 2. The fraction of sp³-hybridized carbons (Fsp3) is 0.100. The van der Waals surface area contributed by atoms with Crippen molar-refractivity contribution in [3.05, 3.63) is 45.2 Å². The zero-order valence-electron chi connectivity index (χ0n) is 10.1. The number of nitrogens with one attached hydrogen (secondary N) is 2. The van der Waals surface area contributed by atoms with Crippen molar-refractivity contribution in [3.8, 4) is 0 Å². The summed E-state index contributed by atoms with van der Waals surface area (Å²) in [6.07, 6.45) is 1.16. The van der Waals surface area contributed by atoms with Gasteiger partial charge >= 0.3 is 0 Å². The molecule has 1 heterocycles.